The molecule has 0 saturated carbocycles. The van der Waals surface area contributed by atoms with E-state index in [9.17, 15) is 40.2 Å². The minimum atomic E-state index is -1.93. The SMILES string of the molecule is COc1cc(C2c3cc4c(cc3C(OC3OC5COC(O)OC5C(O)C3C)C3COC(=O)C23)OCO4)cc(OC)c1OC1OC(C(=O)O)C(O)C(O)C1O. The molecule has 15 unspecified atom stereocenters. The van der Waals surface area contributed by atoms with Gasteiger partial charge in [-0.15, -0.1) is 0 Å². The molecule has 15 atom stereocenters. The summed E-state index contributed by atoms with van der Waals surface area (Å²) in [7, 11) is 2.66. The smallest absolute Gasteiger partial charge is 0.335 e. The van der Waals surface area contributed by atoms with Crippen LogP contribution in [0, 0.1) is 17.8 Å². The van der Waals surface area contributed by atoms with Crippen LogP contribution in [0.5, 0.6) is 28.7 Å². The van der Waals surface area contributed by atoms with Crippen LogP contribution in [0.25, 0.3) is 0 Å². The van der Waals surface area contributed by atoms with Crippen LogP contribution in [0.2, 0.25) is 0 Å². The largest absolute Gasteiger partial charge is 0.493 e. The summed E-state index contributed by atoms with van der Waals surface area (Å²) in [4.78, 5) is 25.5. The van der Waals surface area contributed by atoms with E-state index in [0.29, 0.717) is 28.2 Å². The first-order chi connectivity index (χ1) is 25.9. The molecule has 5 aliphatic heterocycles. The number of aliphatic carboxylic acids is 1. The lowest BCUT2D eigenvalue weighted by atomic mass is 9.66. The predicted octanol–water partition coefficient (Wildman–Crippen LogP) is -0.891. The van der Waals surface area contributed by atoms with E-state index in [0.717, 1.165) is 0 Å². The van der Waals surface area contributed by atoms with E-state index < -0.39 is 103 Å². The quantitative estimate of drug-likeness (QED) is 0.178. The van der Waals surface area contributed by atoms with Gasteiger partial charge >= 0.3 is 11.9 Å². The van der Waals surface area contributed by atoms with Crippen molar-refractivity contribution in [2.75, 3.05) is 34.2 Å². The van der Waals surface area contributed by atoms with E-state index in [4.69, 9.17) is 52.1 Å². The van der Waals surface area contributed by atoms with Crippen LogP contribution in [-0.2, 0) is 38.0 Å². The summed E-state index contributed by atoms with van der Waals surface area (Å²) in [6, 6.07) is 6.69. The average molecular weight is 765 g/mol. The molecule has 4 fully saturated rings. The first kappa shape index (κ1) is 36.9. The summed E-state index contributed by atoms with van der Waals surface area (Å²) in [5, 5.41) is 61.7. The first-order valence-electron chi connectivity index (χ1n) is 17.3. The van der Waals surface area contributed by atoms with Gasteiger partial charge < -0.3 is 82.7 Å². The van der Waals surface area contributed by atoms with Crippen molar-refractivity contribution in [2.24, 2.45) is 17.8 Å². The Morgan fingerprint density at radius 3 is 2.15 bits per heavy atom. The normalized spacial score (nSPS) is 39.5. The Balaban J connectivity index is 1.17. The van der Waals surface area contributed by atoms with E-state index >= 15 is 0 Å². The zero-order valence-electron chi connectivity index (χ0n) is 29.1. The van der Waals surface area contributed by atoms with Gasteiger partial charge in [0, 0.05) is 17.8 Å². The van der Waals surface area contributed by atoms with Crippen LogP contribution >= 0.6 is 0 Å². The topological polar surface area (TPSA) is 257 Å². The molecule has 19 nitrogen and oxygen atoms in total. The van der Waals surface area contributed by atoms with Crippen LogP contribution in [0.4, 0.5) is 0 Å². The number of fused-ring (bicyclic) bond motifs is 4. The van der Waals surface area contributed by atoms with Gasteiger partial charge in [0.25, 0.3) is 6.48 Å². The first-order valence-corrected chi connectivity index (χ1v) is 17.3. The fourth-order valence-corrected chi connectivity index (χ4v) is 8.16. The number of carbonyl (C=O) groups excluding carboxylic acids is 1. The molecule has 0 spiro atoms. The van der Waals surface area contributed by atoms with Crippen LogP contribution in [0.15, 0.2) is 24.3 Å². The summed E-state index contributed by atoms with van der Waals surface area (Å²) >= 11 is 0. The Hall–Kier alpha value is -4.02. The second-order valence-corrected chi connectivity index (χ2v) is 13.9. The van der Waals surface area contributed by atoms with Crippen molar-refractivity contribution in [1.82, 2.24) is 0 Å². The number of aliphatic hydroxyl groups is 5. The van der Waals surface area contributed by atoms with Gasteiger partial charge in [-0.25, -0.2) is 4.79 Å². The molecule has 6 aliphatic rings. The molecule has 1 aliphatic carbocycles. The van der Waals surface area contributed by atoms with Gasteiger partial charge in [0.15, 0.2) is 35.4 Å². The number of ether oxygens (including phenoxy) is 11. The lowest BCUT2D eigenvalue weighted by Gasteiger charge is -2.48. The van der Waals surface area contributed by atoms with Crippen molar-refractivity contribution in [3.05, 3.63) is 41.0 Å². The van der Waals surface area contributed by atoms with E-state index in [1.54, 1.807) is 31.2 Å². The Kier molecular flexibility index (Phi) is 9.74. The summed E-state index contributed by atoms with van der Waals surface area (Å²) in [6.07, 6.45) is -13.9. The molecule has 0 amide bonds. The highest BCUT2D eigenvalue weighted by molar-refractivity contribution is 5.79. The van der Waals surface area contributed by atoms with Gasteiger partial charge in [-0.1, -0.05) is 6.92 Å². The third kappa shape index (κ3) is 6.08. The van der Waals surface area contributed by atoms with Crippen molar-refractivity contribution < 1.29 is 92.3 Å². The van der Waals surface area contributed by atoms with Gasteiger partial charge in [-0.3, -0.25) is 4.79 Å². The highest BCUT2D eigenvalue weighted by Crippen LogP contribution is 2.57. The molecule has 8 rings (SSSR count). The molecule has 19 heteroatoms. The number of aliphatic hydroxyl groups excluding tert-OH is 5. The molecular formula is C35H40O19. The van der Waals surface area contributed by atoms with Gasteiger partial charge in [0.05, 0.1) is 45.6 Å². The van der Waals surface area contributed by atoms with Gasteiger partial charge in [-0.05, 0) is 41.0 Å². The number of carboxylic acid groups (broad SMARTS) is 1. The second kappa shape index (κ2) is 14.2. The Bertz CT molecular complexity index is 1740. The lowest BCUT2D eigenvalue weighted by molar-refractivity contribution is -0.394. The zero-order valence-corrected chi connectivity index (χ0v) is 29.1. The van der Waals surface area contributed by atoms with Gasteiger partial charge in [-0.2, -0.15) is 0 Å². The minimum Gasteiger partial charge on any atom is -0.493 e. The monoisotopic (exact) mass is 764 g/mol. The number of hydrogen-bond acceptors (Lipinski definition) is 18. The molecule has 4 saturated heterocycles. The number of carbonyl (C=O) groups is 2. The fourth-order valence-electron chi connectivity index (χ4n) is 8.16. The van der Waals surface area contributed by atoms with Crippen LogP contribution < -0.4 is 23.7 Å². The molecule has 6 N–H and O–H groups in total. The van der Waals surface area contributed by atoms with Crippen molar-refractivity contribution >= 4 is 11.9 Å². The van der Waals surface area contributed by atoms with Crippen molar-refractivity contribution in [1.29, 1.82) is 0 Å². The minimum absolute atomic E-state index is 0.0159. The van der Waals surface area contributed by atoms with Crippen molar-refractivity contribution in [3.8, 4) is 28.7 Å². The summed E-state index contributed by atoms with van der Waals surface area (Å²) in [5.74, 6) is -4.06. The number of carboxylic acids is 1. The number of rotatable bonds is 8. The molecule has 54 heavy (non-hydrogen) atoms. The van der Waals surface area contributed by atoms with E-state index in [1.807, 2.05) is 0 Å². The zero-order chi connectivity index (χ0) is 38.2. The molecule has 0 radical (unpaired) electrons. The van der Waals surface area contributed by atoms with Crippen LogP contribution in [0.1, 0.15) is 35.6 Å². The predicted molar refractivity (Wildman–Crippen MR) is 171 cm³/mol. The van der Waals surface area contributed by atoms with Crippen molar-refractivity contribution in [3.63, 3.8) is 0 Å². The number of benzene rings is 2. The summed E-state index contributed by atoms with van der Waals surface area (Å²) < 4.78 is 63.3. The van der Waals surface area contributed by atoms with Gasteiger partial charge in [0.2, 0.25) is 18.8 Å². The van der Waals surface area contributed by atoms with Crippen LogP contribution in [-0.4, -0.2) is 139 Å². The van der Waals surface area contributed by atoms with E-state index in [1.165, 1.54) is 14.2 Å². The average Bonchev–Trinajstić information content (AvgIpc) is 3.79. The number of hydrogen-bond donors (Lipinski definition) is 6. The standard InChI is InChI=1S/C35H40O19/c1-11-23(36)29-20(9-47-35(43)54-29)50-33(11)51-27-14-7-17-16(48-10-49-17)6-13(14)21(22-15(27)8-46-32(22)42)12-4-18(44-2)28(19(5-12)45-3)52-34-26(39)24(37)25(38)30(53-34)31(40)41/h4-7,11,15,20-27,29-30,33-39,43H,8-10H2,1-3H3,(H,40,41). The highest BCUT2D eigenvalue weighted by atomic mass is 16.8. The third-order valence-electron chi connectivity index (χ3n) is 10.9. The molecule has 294 valence electrons. The number of cyclic esters (lactones) is 1. The maximum absolute atomic E-state index is 13.7. The second-order valence-electron chi connectivity index (χ2n) is 13.9. The van der Waals surface area contributed by atoms with E-state index in [2.05, 4.69) is 0 Å². The summed E-state index contributed by atoms with van der Waals surface area (Å²) in [6.45, 7) is 0.117. The number of methoxy groups -OCH3 is 2. The Morgan fingerprint density at radius 1 is 0.796 bits per heavy atom. The fraction of sp³-hybridized carbons (Fsp3) is 0.600. The maximum Gasteiger partial charge on any atom is 0.335 e. The van der Waals surface area contributed by atoms with Crippen molar-refractivity contribution in [2.45, 2.75) is 80.7 Å². The molecule has 0 bridgehead atoms. The van der Waals surface area contributed by atoms with Gasteiger partial charge in [0.1, 0.15) is 30.5 Å². The molecule has 0 aromatic heterocycles. The summed E-state index contributed by atoms with van der Waals surface area (Å²) in [5.41, 5.74) is 1.75. The highest BCUT2D eigenvalue weighted by Gasteiger charge is 2.56. The number of esters is 1. The molecular weight excluding hydrogens is 724 g/mol. The Morgan fingerprint density at radius 2 is 1.48 bits per heavy atom. The Labute approximate surface area is 306 Å². The van der Waals surface area contributed by atoms with E-state index in [-0.39, 0.29) is 37.3 Å². The van der Waals surface area contributed by atoms with Crippen LogP contribution in [0.3, 0.4) is 0 Å². The molecule has 2 aromatic rings. The lowest BCUT2D eigenvalue weighted by Crippen LogP contribution is -2.61. The molecule has 5 heterocycles. The third-order valence-corrected chi connectivity index (χ3v) is 10.9. The maximum atomic E-state index is 13.7. The molecule has 2 aromatic carbocycles.